The smallest absolute Gasteiger partial charge is 0.224 e. The molecule has 4 rings (SSSR count). The molecule has 0 spiro atoms. The zero-order valence-electron chi connectivity index (χ0n) is 16.4. The summed E-state index contributed by atoms with van der Waals surface area (Å²) in [5.41, 5.74) is 4.90. The number of nitrogens with zero attached hydrogens (tertiary/aromatic N) is 1. The van der Waals surface area contributed by atoms with Crippen molar-refractivity contribution in [1.29, 1.82) is 0 Å². The van der Waals surface area contributed by atoms with Crippen molar-refractivity contribution in [3.05, 3.63) is 59.7 Å². The van der Waals surface area contributed by atoms with Gasteiger partial charge in [0, 0.05) is 24.3 Å². The van der Waals surface area contributed by atoms with Crippen molar-refractivity contribution >= 4 is 17.3 Å². The second kappa shape index (κ2) is 7.75. The highest BCUT2D eigenvalue weighted by molar-refractivity contribution is 5.93. The Morgan fingerprint density at radius 1 is 1.00 bits per heavy atom. The Kier molecular flexibility index (Phi) is 5.20. The van der Waals surface area contributed by atoms with Gasteiger partial charge in [0.2, 0.25) is 5.91 Å². The SMILES string of the molecule is CC(=O)N1c2ccccc2[C@@H](Nc2ccc(C3CCCCC3)cc2)C[C@H]1C. The summed E-state index contributed by atoms with van der Waals surface area (Å²) in [6.07, 6.45) is 7.72. The maximum atomic E-state index is 12.1. The Labute approximate surface area is 162 Å². The van der Waals surface area contributed by atoms with E-state index in [1.807, 2.05) is 11.0 Å². The van der Waals surface area contributed by atoms with Gasteiger partial charge < -0.3 is 10.2 Å². The first-order valence-corrected chi connectivity index (χ1v) is 10.4. The third-order valence-corrected chi connectivity index (χ3v) is 6.26. The highest BCUT2D eigenvalue weighted by atomic mass is 16.2. The van der Waals surface area contributed by atoms with Crippen LogP contribution in [0.5, 0.6) is 0 Å². The van der Waals surface area contributed by atoms with Crippen LogP contribution in [-0.2, 0) is 4.79 Å². The first-order chi connectivity index (χ1) is 13.1. The molecular formula is C24H30N2O. The van der Waals surface area contributed by atoms with Crippen LogP contribution in [0.25, 0.3) is 0 Å². The Balaban J connectivity index is 1.53. The molecule has 1 aliphatic heterocycles. The normalized spacial score (nSPS) is 23.0. The molecule has 0 unspecified atom stereocenters. The molecule has 1 N–H and O–H groups in total. The van der Waals surface area contributed by atoms with Gasteiger partial charge in [0.05, 0.1) is 6.04 Å². The monoisotopic (exact) mass is 362 g/mol. The van der Waals surface area contributed by atoms with Gasteiger partial charge in [-0.2, -0.15) is 0 Å². The molecule has 3 nitrogen and oxygen atoms in total. The fourth-order valence-electron chi connectivity index (χ4n) is 4.92. The minimum atomic E-state index is 0.116. The fourth-order valence-corrected chi connectivity index (χ4v) is 4.92. The average molecular weight is 363 g/mol. The molecule has 0 bridgehead atoms. The molecule has 0 radical (unpaired) electrons. The van der Waals surface area contributed by atoms with Gasteiger partial charge in [0.25, 0.3) is 0 Å². The number of fused-ring (bicyclic) bond motifs is 1. The van der Waals surface area contributed by atoms with E-state index in [0.29, 0.717) is 0 Å². The van der Waals surface area contributed by atoms with E-state index >= 15 is 0 Å². The molecule has 0 saturated heterocycles. The predicted octanol–water partition coefficient (Wildman–Crippen LogP) is 6.03. The van der Waals surface area contributed by atoms with Crippen molar-refractivity contribution in [3.8, 4) is 0 Å². The van der Waals surface area contributed by atoms with E-state index in [1.165, 1.54) is 43.2 Å². The average Bonchev–Trinajstić information content (AvgIpc) is 2.69. The third-order valence-electron chi connectivity index (χ3n) is 6.26. The van der Waals surface area contributed by atoms with E-state index in [1.54, 1.807) is 6.92 Å². The minimum absolute atomic E-state index is 0.116. The molecular weight excluding hydrogens is 332 g/mol. The van der Waals surface area contributed by atoms with Gasteiger partial charge in [-0.3, -0.25) is 4.79 Å². The molecule has 2 aliphatic rings. The lowest BCUT2D eigenvalue weighted by atomic mass is 9.84. The van der Waals surface area contributed by atoms with Crippen LogP contribution in [0, 0.1) is 0 Å². The van der Waals surface area contributed by atoms with Crippen LogP contribution in [0.1, 0.15) is 75.5 Å². The van der Waals surface area contributed by atoms with Gasteiger partial charge in [-0.05, 0) is 61.4 Å². The quantitative estimate of drug-likeness (QED) is 0.723. The van der Waals surface area contributed by atoms with E-state index in [0.717, 1.165) is 23.7 Å². The van der Waals surface area contributed by atoms with E-state index in [-0.39, 0.29) is 18.0 Å². The van der Waals surface area contributed by atoms with Crippen molar-refractivity contribution in [1.82, 2.24) is 0 Å². The molecule has 0 aromatic heterocycles. The predicted molar refractivity (Wildman–Crippen MR) is 112 cm³/mol. The number of rotatable bonds is 3. The summed E-state index contributed by atoms with van der Waals surface area (Å²) in [6.45, 7) is 3.79. The van der Waals surface area contributed by atoms with Crippen LogP contribution < -0.4 is 10.2 Å². The lowest BCUT2D eigenvalue weighted by Gasteiger charge is -2.39. The van der Waals surface area contributed by atoms with E-state index in [4.69, 9.17) is 0 Å². The van der Waals surface area contributed by atoms with Crippen LogP contribution in [0.15, 0.2) is 48.5 Å². The second-order valence-electron chi connectivity index (χ2n) is 8.19. The minimum Gasteiger partial charge on any atom is -0.378 e. The van der Waals surface area contributed by atoms with Gasteiger partial charge in [0.15, 0.2) is 0 Å². The number of carbonyl (C=O) groups excluding carboxylic acids is 1. The van der Waals surface area contributed by atoms with Gasteiger partial charge >= 0.3 is 0 Å². The van der Waals surface area contributed by atoms with Gasteiger partial charge in [-0.25, -0.2) is 0 Å². The molecule has 1 fully saturated rings. The van der Waals surface area contributed by atoms with E-state index < -0.39 is 0 Å². The molecule has 1 amide bonds. The van der Waals surface area contributed by atoms with Crippen LogP contribution >= 0.6 is 0 Å². The highest BCUT2D eigenvalue weighted by Crippen LogP contribution is 2.39. The second-order valence-corrected chi connectivity index (χ2v) is 8.19. The van der Waals surface area contributed by atoms with Gasteiger partial charge in [0.1, 0.15) is 0 Å². The standard InChI is InChI=1S/C24H30N2O/c1-17-16-23(22-10-6-7-11-24(22)26(17)18(2)27)25-21-14-12-20(13-15-21)19-8-4-3-5-9-19/h6-7,10-15,17,19,23,25H,3-5,8-9,16H2,1-2H3/t17-,23+/m1/s1. The van der Waals surface area contributed by atoms with Crippen molar-refractivity contribution in [2.75, 3.05) is 10.2 Å². The third kappa shape index (κ3) is 3.73. The number of para-hydroxylation sites is 1. The Morgan fingerprint density at radius 3 is 2.41 bits per heavy atom. The number of carbonyl (C=O) groups is 1. The number of amides is 1. The Morgan fingerprint density at radius 2 is 1.70 bits per heavy atom. The van der Waals surface area contributed by atoms with Crippen LogP contribution in [0.4, 0.5) is 11.4 Å². The summed E-state index contributed by atoms with van der Waals surface area (Å²) >= 11 is 0. The first-order valence-electron chi connectivity index (χ1n) is 10.4. The number of nitrogens with one attached hydrogen (secondary N) is 1. The molecule has 142 valence electrons. The summed E-state index contributed by atoms with van der Waals surface area (Å²) in [7, 11) is 0. The fraction of sp³-hybridized carbons (Fsp3) is 0.458. The molecule has 27 heavy (non-hydrogen) atoms. The zero-order chi connectivity index (χ0) is 18.8. The lowest BCUT2D eigenvalue weighted by molar-refractivity contribution is -0.117. The summed E-state index contributed by atoms with van der Waals surface area (Å²) in [4.78, 5) is 14.1. The van der Waals surface area contributed by atoms with Crippen molar-refractivity contribution in [2.45, 2.75) is 70.4 Å². The summed E-state index contributed by atoms with van der Waals surface area (Å²) in [5.74, 6) is 0.859. The highest BCUT2D eigenvalue weighted by Gasteiger charge is 2.32. The molecule has 2 aromatic rings. The van der Waals surface area contributed by atoms with Gasteiger partial charge in [-0.15, -0.1) is 0 Å². The number of benzene rings is 2. The largest absolute Gasteiger partial charge is 0.378 e. The summed E-state index contributed by atoms with van der Waals surface area (Å²) in [6, 6.07) is 17.8. The molecule has 2 aromatic carbocycles. The number of hydrogen-bond donors (Lipinski definition) is 1. The number of hydrogen-bond acceptors (Lipinski definition) is 2. The maximum absolute atomic E-state index is 12.1. The molecule has 3 heteroatoms. The summed E-state index contributed by atoms with van der Waals surface area (Å²) < 4.78 is 0. The van der Waals surface area contributed by atoms with Crippen LogP contribution in [-0.4, -0.2) is 11.9 Å². The van der Waals surface area contributed by atoms with Crippen molar-refractivity contribution in [3.63, 3.8) is 0 Å². The Bertz CT molecular complexity index is 792. The maximum Gasteiger partial charge on any atom is 0.224 e. The Hall–Kier alpha value is -2.29. The lowest BCUT2D eigenvalue weighted by Crippen LogP contribution is -2.43. The van der Waals surface area contributed by atoms with E-state index in [9.17, 15) is 4.79 Å². The summed E-state index contributed by atoms with van der Waals surface area (Å²) in [5, 5.41) is 3.72. The molecule has 1 heterocycles. The van der Waals surface area contributed by atoms with Crippen LogP contribution in [0.2, 0.25) is 0 Å². The van der Waals surface area contributed by atoms with Crippen molar-refractivity contribution in [2.24, 2.45) is 0 Å². The topological polar surface area (TPSA) is 32.3 Å². The molecule has 1 aliphatic carbocycles. The van der Waals surface area contributed by atoms with E-state index in [2.05, 4.69) is 54.7 Å². The zero-order valence-corrected chi connectivity index (χ0v) is 16.4. The molecule has 2 atom stereocenters. The van der Waals surface area contributed by atoms with Gasteiger partial charge in [-0.1, -0.05) is 49.6 Å². The molecule has 1 saturated carbocycles. The first kappa shape index (κ1) is 18.1. The van der Waals surface area contributed by atoms with Crippen LogP contribution in [0.3, 0.4) is 0 Å². The number of anilines is 2. The van der Waals surface area contributed by atoms with Crippen molar-refractivity contribution < 1.29 is 4.79 Å².